The molecule has 31 heavy (non-hydrogen) atoms. The van der Waals surface area contributed by atoms with E-state index in [1.165, 1.54) is 17.7 Å². The van der Waals surface area contributed by atoms with E-state index in [-0.39, 0.29) is 5.82 Å². The molecule has 0 spiro atoms. The highest BCUT2D eigenvalue weighted by atomic mass is 32.2. The maximum absolute atomic E-state index is 13.1. The van der Waals surface area contributed by atoms with Crippen LogP contribution in [-0.4, -0.2) is 35.1 Å². The number of ether oxygens (including phenoxy) is 2. The van der Waals surface area contributed by atoms with Gasteiger partial charge in [-0.1, -0.05) is 30.3 Å². The van der Waals surface area contributed by atoms with Gasteiger partial charge in [-0.2, -0.15) is 0 Å². The van der Waals surface area contributed by atoms with E-state index in [4.69, 9.17) is 14.6 Å². The number of halogens is 1. The van der Waals surface area contributed by atoms with Gasteiger partial charge in [0.05, 0.1) is 6.61 Å². The molecule has 7 heteroatoms. The molecule has 0 saturated carbocycles. The summed E-state index contributed by atoms with van der Waals surface area (Å²) in [6.07, 6.45) is 4.95. The lowest BCUT2D eigenvalue weighted by Gasteiger charge is -2.29. The van der Waals surface area contributed by atoms with Gasteiger partial charge in [0.25, 0.3) is 0 Å². The minimum Gasteiger partial charge on any atom is -0.493 e. The van der Waals surface area contributed by atoms with Crippen molar-refractivity contribution in [2.75, 3.05) is 18.9 Å². The molecule has 0 atom stereocenters. The Morgan fingerprint density at radius 2 is 2.00 bits per heavy atom. The van der Waals surface area contributed by atoms with Crippen LogP contribution in [0.2, 0.25) is 0 Å². The standard InChI is InChI=1S/C24H24FNO4S/c25-20-9-6-17(7-10-20)3-2-14-31-23-21(30-24(27)28)4-1-12-26(23)16-18-5-8-19-11-13-29-22(19)15-18/h1,4-10,15H,2-3,11-14,16H2,(H,27,28). The van der Waals surface area contributed by atoms with E-state index in [9.17, 15) is 9.18 Å². The first-order valence-corrected chi connectivity index (χ1v) is 11.3. The Labute approximate surface area is 185 Å². The zero-order chi connectivity index (χ0) is 21.6. The van der Waals surface area contributed by atoms with Crippen LogP contribution in [0.1, 0.15) is 23.1 Å². The molecule has 0 fully saturated rings. The molecule has 0 bridgehead atoms. The quantitative estimate of drug-likeness (QED) is 0.440. The van der Waals surface area contributed by atoms with E-state index < -0.39 is 6.16 Å². The zero-order valence-corrected chi connectivity index (χ0v) is 17.9. The predicted molar refractivity (Wildman–Crippen MR) is 119 cm³/mol. The number of thioether (sulfide) groups is 1. The van der Waals surface area contributed by atoms with Gasteiger partial charge in [0.15, 0.2) is 5.76 Å². The second kappa shape index (κ2) is 9.92. The Morgan fingerprint density at radius 1 is 1.19 bits per heavy atom. The maximum atomic E-state index is 13.1. The van der Waals surface area contributed by atoms with Crippen LogP contribution in [0.5, 0.6) is 5.75 Å². The molecular weight excluding hydrogens is 417 g/mol. The average Bonchev–Trinajstić information content (AvgIpc) is 3.21. The molecule has 0 amide bonds. The molecule has 2 aromatic carbocycles. The van der Waals surface area contributed by atoms with Crippen molar-refractivity contribution in [1.82, 2.24) is 4.90 Å². The van der Waals surface area contributed by atoms with Crippen LogP contribution in [0.15, 0.2) is 65.4 Å². The summed E-state index contributed by atoms with van der Waals surface area (Å²) >= 11 is 1.58. The summed E-state index contributed by atoms with van der Waals surface area (Å²) in [4.78, 5) is 13.3. The van der Waals surface area contributed by atoms with Gasteiger partial charge in [-0.05, 0) is 59.6 Å². The van der Waals surface area contributed by atoms with Gasteiger partial charge >= 0.3 is 6.16 Å². The zero-order valence-electron chi connectivity index (χ0n) is 17.1. The highest BCUT2D eigenvalue weighted by molar-refractivity contribution is 8.03. The van der Waals surface area contributed by atoms with Gasteiger partial charge in [-0.15, -0.1) is 11.8 Å². The third kappa shape index (κ3) is 5.61. The van der Waals surface area contributed by atoms with Gasteiger partial charge in [0.2, 0.25) is 0 Å². The molecule has 0 aliphatic carbocycles. The lowest BCUT2D eigenvalue weighted by molar-refractivity contribution is 0.119. The molecule has 2 aliphatic rings. The Kier molecular flexibility index (Phi) is 6.82. The summed E-state index contributed by atoms with van der Waals surface area (Å²) in [6.45, 7) is 2.02. The third-order valence-electron chi connectivity index (χ3n) is 5.19. The minimum atomic E-state index is -1.32. The van der Waals surface area contributed by atoms with Crippen LogP contribution in [0.3, 0.4) is 0 Å². The van der Waals surface area contributed by atoms with E-state index in [1.807, 2.05) is 6.08 Å². The van der Waals surface area contributed by atoms with Gasteiger partial charge in [-0.3, -0.25) is 0 Å². The third-order valence-corrected chi connectivity index (χ3v) is 6.41. The average molecular weight is 442 g/mol. The van der Waals surface area contributed by atoms with Gasteiger partial charge in [0.1, 0.15) is 16.6 Å². The molecule has 4 rings (SSSR count). The maximum Gasteiger partial charge on any atom is 0.511 e. The Balaban J connectivity index is 1.43. The number of carboxylic acid groups (broad SMARTS) is 1. The molecule has 5 nitrogen and oxygen atoms in total. The lowest BCUT2D eigenvalue weighted by atomic mass is 10.1. The number of fused-ring (bicyclic) bond motifs is 1. The smallest absolute Gasteiger partial charge is 0.493 e. The van der Waals surface area contributed by atoms with Crippen LogP contribution in [0.4, 0.5) is 9.18 Å². The number of allylic oxidation sites excluding steroid dienone is 1. The summed E-state index contributed by atoms with van der Waals surface area (Å²) in [5, 5.41) is 9.95. The number of nitrogens with zero attached hydrogens (tertiary/aromatic N) is 1. The molecule has 0 unspecified atom stereocenters. The first-order chi connectivity index (χ1) is 15.1. The number of rotatable bonds is 8. The predicted octanol–water partition coefficient (Wildman–Crippen LogP) is 5.36. The van der Waals surface area contributed by atoms with Crippen molar-refractivity contribution in [2.24, 2.45) is 0 Å². The van der Waals surface area contributed by atoms with Crippen molar-refractivity contribution in [2.45, 2.75) is 25.8 Å². The van der Waals surface area contributed by atoms with Gasteiger partial charge < -0.3 is 19.5 Å². The molecule has 162 valence electrons. The summed E-state index contributed by atoms with van der Waals surface area (Å²) in [6, 6.07) is 12.8. The van der Waals surface area contributed by atoms with Crippen LogP contribution in [0, 0.1) is 5.82 Å². The summed E-state index contributed by atoms with van der Waals surface area (Å²) < 4.78 is 23.8. The minimum absolute atomic E-state index is 0.236. The van der Waals surface area contributed by atoms with E-state index in [0.717, 1.165) is 53.5 Å². The molecule has 2 aromatic rings. The van der Waals surface area contributed by atoms with Crippen molar-refractivity contribution in [3.8, 4) is 5.75 Å². The monoisotopic (exact) mass is 441 g/mol. The SMILES string of the molecule is O=C(O)OC1=C(SCCCc2ccc(F)cc2)N(Cc2ccc3c(c2)OCC3)CC=C1. The lowest BCUT2D eigenvalue weighted by Crippen LogP contribution is -2.26. The first-order valence-electron chi connectivity index (χ1n) is 10.3. The van der Waals surface area contributed by atoms with Crippen molar-refractivity contribution >= 4 is 17.9 Å². The molecule has 2 aliphatic heterocycles. The fourth-order valence-corrected chi connectivity index (χ4v) is 4.75. The second-order valence-electron chi connectivity index (χ2n) is 7.44. The number of benzene rings is 2. The van der Waals surface area contributed by atoms with E-state index in [2.05, 4.69) is 23.1 Å². The molecular formula is C24H24FNO4S. The second-order valence-corrected chi connectivity index (χ2v) is 8.52. The number of hydrogen-bond acceptors (Lipinski definition) is 5. The molecule has 0 saturated heterocycles. The largest absolute Gasteiger partial charge is 0.511 e. The van der Waals surface area contributed by atoms with E-state index in [0.29, 0.717) is 18.8 Å². The molecule has 1 N–H and O–H groups in total. The number of carbonyl (C=O) groups is 1. The van der Waals surface area contributed by atoms with E-state index >= 15 is 0 Å². The van der Waals surface area contributed by atoms with Crippen LogP contribution in [0.25, 0.3) is 0 Å². The van der Waals surface area contributed by atoms with Crippen LogP contribution < -0.4 is 4.74 Å². The van der Waals surface area contributed by atoms with Gasteiger partial charge in [0, 0.05) is 19.5 Å². The fourth-order valence-electron chi connectivity index (χ4n) is 3.69. The Morgan fingerprint density at radius 3 is 2.81 bits per heavy atom. The summed E-state index contributed by atoms with van der Waals surface area (Å²) in [5.41, 5.74) is 3.41. The van der Waals surface area contributed by atoms with Crippen molar-refractivity contribution in [1.29, 1.82) is 0 Å². The Hall–Kier alpha value is -2.93. The number of hydrogen-bond donors (Lipinski definition) is 1. The first kappa shape index (κ1) is 21.3. The van der Waals surface area contributed by atoms with E-state index in [1.54, 1.807) is 30.0 Å². The molecule has 0 radical (unpaired) electrons. The summed E-state index contributed by atoms with van der Waals surface area (Å²) in [5.74, 6) is 1.84. The van der Waals surface area contributed by atoms with Crippen molar-refractivity contribution in [3.63, 3.8) is 0 Å². The fraction of sp³-hybridized carbons (Fsp3) is 0.292. The number of aryl methyl sites for hydroxylation is 1. The van der Waals surface area contributed by atoms with Gasteiger partial charge in [-0.25, -0.2) is 9.18 Å². The topological polar surface area (TPSA) is 59.0 Å². The van der Waals surface area contributed by atoms with Crippen molar-refractivity contribution < 1.29 is 23.8 Å². The normalized spacial score (nSPS) is 15.1. The molecule has 0 aromatic heterocycles. The van der Waals surface area contributed by atoms with Crippen molar-refractivity contribution in [3.05, 3.63) is 87.9 Å². The molecule has 2 heterocycles. The highest BCUT2D eigenvalue weighted by Gasteiger charge is 2.21. The Bertz CT molecular complexity index is 1000. The highest BCUT2D eigenvalue weighted by Crippen LogP contribution is 2.32. The van der Waals surface area contributed by atoms with Crippen LogP contribution in [-0.2, 0) is 24.1 Å². The van der Waals surface area contributed by atoms with Crippen LogP contribution >= 0.6 is 11.8 Å². The summed E-state index contributed by atoms with van der Waals surface area (Å²) in [7, 11) is 0.